The van der Waals surface area contributed by atoms with Gasteiger partial charge in [-0.2, -0.15) is 0 Å². The molecule has 2 N–H and O–H groups in total. The molecule has 59 heavy (non-hydrogen) atoms. The number of carbonyl (C=O) groups excluding carboxylic acids is 4. The summed E-state index contributed by atoms with van der Waals surface area (Å²) in [4.78, 5) is 55.0. The van der Waals surface area contributed by atoms with Crippen LogP contribution in [0.5, 0.6) is 0 Å². The van der Waals surface area contributed by atoms with E-state index in [4.69, 9.17) is 43.6 Å². The van der Waals surface area contributed by atoms with E-state index in [1.807, 2.05) is 42.5 Å². The van der Waals surface area contributed by atoms with Crippen LogP contribution in [0.2, 0.25) is 15.3 Å². The van der Waals surface area contributed by atoms with E-state index in [9.17, 15) is 19.2 Å². The monoisotopic (exact) mass is 850 g/mol. The van der Waals surface area contributed by atoms with Crippen LogP contribution in [0.3, 0.4) is 0 Å². The summed E-state index contributed by atoms with van der Waals surface area (Å²) in [5, 5.41) is 7.36. The van der Waals surface area contributed by atoms with E-state index in [2.05, 4.69) is 10.6 Å². The van der Waals surface area contributed by atoms with Crippen LogP contribution in [0.1, 0.15) is 46.4 Å². The standard InChI is InChI=1S/C23H20Cl2N2O3.C23H21ClN2O3/c24-18-6-8-19(9-7-18)26-22(28)17-5-2-12-27(14-17)23(29)16-4-1-3-15(13-16)20-10-11-21(25)30-20;24-19-8-10-20(11-9-19)25-22(27)18-6-2-12-26(15-18)23(28)17-5-1-4-16(14-17)21-7-3-13-29-21/h1,3-4,6-11,13,17H,2,5,12,14H2,(H,26,28);1,3-5,7-11,13-14,18H,2,6,12,15H2,(H,25,27). The third-order valence-electron chi connectivity index (χ3n) is 10.3. The zero-order valence-electron chi connectivity index (χ0n) is 31.9. The summed E-state index contributed by atoms with van der Waals surface area (Å²) in [6.07, 6.45) is 4.68. The van der Waals surface area contributed by atoms with Crippen molar-refractivity contribution < 1.29 is 28.0 Å². The van der Waals surface area contributed by atoms with Crippen LogP contribution in [0, 0.1) is 11.8 Å². The van der Waals surface area contributed by atoms with Gasteiger partial charge < -0.3 is 29.3 Å². The number of hydrogen-bond acceptors (Lipinski definition) is 6. The molecule has 0 radical (unpaired) electrons. The normalized spacial score (nSPS) is 16.4. The van der Waals surface area contributed by atoms with Crippen LogP contribution < -0.4 is 10.6 Å². The second-order valence-corrected chi connectivity index (χ2v) is 15.7. The van der Waals surface area contributed by atoms with Crippen molar-refractivity contribution in [2.24, 2.45) is 11.8 Å². The fraction of sp³-hybridized carbons (Fsp3) is 0.217. The highest BCUT2D eigenvalue weighted by molar-refractivity contribution is 6.31. The van der Waals surface area contributed by atoms with Gasteiger partial charge in [-0.05, 0) is 134 Å². The van der Waals surface area contributed by atoms with Crippen molar-refractivity contribution in [2.75, 3.05) is 36.8 Å². The molecule has 13 heteroatoms. The minimum Gasteiger partial charge on any atom is -0.464 e. The smallest absolute Gasteiger partial charge is 0.253 e. The summed E-state index contributed by atoms with van der Waals surface area (Å²) in [5.41, 5.74) is 4.18. The number of hydrogen-bond donors (Lipinski definition) is 2. The third kappa shape index (κ3) is 10.8. The predicted molar refractivity (Wildman–Crippen MR) is 231 cm³/mol. The Balaban J connectivity index is 0.000000179. The quantitative estimate of drug-likeness (QED) is 0.157. The maximum atomic E-state index is 13.1. The Morgan fingerprint density at radius 1 is 0.559 bits per heavy atom. The molecule has 4 aromatic carbocycles. The molecule has 4 heterocycles. The highest BCUT2D eigenvalue weighted by Crippen LogP contribution is 2.28. The van der Waals surface area contributed by atoms with Crippen molar-refractivity contribution in [3.05, 3.63) is 154 Å². The van der Waals surface area contributed by atoms with Gasteiger partial charge in [-0.1, -0.05) is 47.5 Å². The van der Waals surface area contributed by atoms with E-state index in [1.54, 1.807) is 94.9 Å². The van der Waals surface area contributed by atoms with E-state index in [-0.39, 0.29) is 35.5 Å². The van der Waals surface area contributed by atoms with Gasteiger partial charge in [0.2, 0.25) is 11.8 Å². The molecule has 0 aliphatic carbocycles. The SMILES string of the molecule is O=C(Nc1ccc(Cl)cc1)C1CCCN(C(=O)c2cccc(-c3ccc(Cl)o3)c2)C1.O=C(Nc1ccc(Cl)cc1)C1CCCN(C(=O)c2cccc(-c3ccco3)c2)C1. The van der Waals surface area contributed by atoms with E-state index in [1.165, 1.54) is 0 Å². The fourth-order valence-electron chi connectivity index (χ4n) is 7.19. The number of likely N-dealkylation sites (tertiary alicyclic amines) is 2. The first-order valence-electron chi connectivity index (χ1n) is 19.3. The molecule has 8 rings (SSSR count). The Kier molecular flexibility index (Phi) is 13.5. The molecule has 302 valence electrons. The minimum atomic E-state index is -0.259. The topological polar surface area (TPSA) is 125 Å². The molecule has 2 fully saturated rings. The summed E-state index contributed by atoms with van der Waals surface area (Å²) in [6, 6.07) is 35.7. The first-order valence-corrected chi connectivity index (χ1v) is 20.4. The summed E-state index contributed by atoms with van der Waals surface area (Å²) < 4.78 is 10.9. The molecule has 2 aromatic heterocycles. The van der Waals surface area contributed by atoms with Gasteiger partial charge in [0.15, 0.2) is 5.22 Å². The van der Waals surface area contributed by atoms with Crippen LogP contribution in [-0.4, -0.2) is 59.6 Å². The van der Waals surface area contributed by atoms with Gasteiger partial charge in [-0.15, -0.1) is 0 Å². The third-order valence-corrected chi connectivity index (χ3v) is 11.0. The second-order valence-electron chi connectivity index (χ2n) is 14.4. The predicted octanol–water partition coefficient (Wildman–Crippen LogP) is 10.8. The van der Waals surface area contributed by atoms with Crippen molar-refractivity contribution in [1.29, 1.82) is 0 Å². The van der Waals surface area contributed by atoms with Gasteiger partial charge in [0.05, 0.1) is 18.1 Å². The number of anilines is 2. The molecule has 0 saturated carbocycles. The summed E-state index contributed by atoms with van der Waals surface area (Å²) in [7, 11) is 0. The van der Waals surface area contributed by atoms with Gasteiger partial charge in [-0.25, -0.2) is 0 Å². The van der Waals surface area contributed by atoms with E-state index in [0.717, 1.165) is 42.6 Å². The number of benzene rings is 4. The summed E-state index contributed by atoms with van der Waals surface area (Å²) in [5.74, 6) is 0.498. The van der Waals surface area contributed by atoms with Crippen molar-refractivity contribution in [1.82, 2.24) is 9.80 Å². The Labute approximate surface area is 357 Å². The van der Waals surface area contributed by atoms with Crippen LogP contribution in [0.4, 0.5) is 11.4 Å². The number of furan rings is 2. The lowest BCUT2D eigenvalue weighted by molar-refractivity contribution is -0.122. The Bertz CT molecular complexity index is 2400. The lowest BCUT2D eigenvalue weighted by Crippen LogP contribution is -2.43. The van der Waals surface area contributed by atoms with Gasteiger partial charge in [0.1, 0.15) is 11.5 Å². The first kappa shape index (κ1) is 41.4. The molecule has 0 bridgehead atoms. The maximum Gasteiger partial charge on any atom is 0.253 e. The van der Waals surface area contributed by atoms with Gasteiger partial charge >= 0.3 is 0 Å². The zero-order valence-corrected chi connectivity index (χ0v) is 34.2. The van der Waals surface area contributed by atoms with Crippen LogP contribution in [0.15, 0.2) is 136 Å². The molecule has 2 unspecified atom stereocenters. The van der Waals surface area contributed by atoms with Gasteiger partial charge in [0.25, 0.3) is 11.8 Å². The van der Waals surface area contributed by atoms with Crippen molar-refractivity contribution in [2.45, 2.75) is 25.7 Å². The summed E-state index contributed by atoms with van der Waals surface area (Å²) in [6.45, 7) is 2.06. The fourth-order valence-corrected chi connectivity index (χ4v) is 7.59. The van der Waals surface area contributed by atoms with E-state index < -0.39 is 0 Å². The maximum absolute atomic E-state index is 13.1. The number of halogens is 3. The lowest BCUT2D eigenvalue weighted by Gasteiger charge is -2.32. The molecule has 2 aliphatic heterocycles. The highest BCUT2D eigenvalue weighted by atomic mass is 35.5. The van der Waals surface area contributed by atoms with Crippen LogP contribution in [0.25, 0.3) is 22.6 Å². The Morgan fingerprint density at radius 2 is 1.05 bits per heavy atom. The van der Waals surface area contributed by atoms with Crippen LogP contribution >= 0.6 is 34.8 Å². The first-order chi connectivity index (χ1) is 28.6. The molecular formula is C46H41Cl3N4O6. The molecule has 6 aromatic rings. The molecule has 4 amide bonds. The molecule has 2 aliphatic rings. The van der Waals surface area contributed by atoms with E-state index in [0.29, 0.717) is 69.7 Å². The second kappa shape index (κ2) is 19.3. The van der Waals surface area contributed by atoms with Crippen LogP contribution in [-0.2, 0) is 9.59 Å². The van der Waals surface area contributed by atoms with Crippen molar-refractivity contribution >= 4 is 69.8 Å². The Morgan fingerprint density at radius 3 is 1.49 bits per heavy atom. The molecule has 2 saturated heterocycles. The number of carbonyl (C=O) groups is 4. The van der Waals surface area contributed by atoms with Gasteiger partial charge in [-0.3, -0.25) is 19.2 Å². The number of nitrogens with one attached hydrogen (secondary N) is 2. The number of piperidine rings is 2. The molecular weight excluding hydrogens is 811 g/mol. The molecule has 10 nitrogen and oxygen atoms in total. The van der Waals surface area contributed by atoms with Crippen molar-refractivity contribution in [3.8, 4) is 22.6 Å². The number of amides is 4. The van der Waals surface area contributed by atoms with E-state index >= 15 is 0 Å². The number of nitrogens with zero attached hydrogens (tertiary/aromatic N) is 2. The average molecular weight is 852 g/mol. The van der Waals surface area contributed by atoms with Crippen molar-refractivity contribution in [3.63, 3.8) is 0 Å². The lowest BCUT2D eigenvalue weighted by atomic mass is 9.96. The van der Waals surface area contributed by atoms with Gasteiger partial charge in [0, 0.05) is 69.9 Å². The molecule has 2 atom stereocenters. The summed E-state index contributed by atoms with van der Waals surface area (Å²) >= 11 is 17.6. The molecule has 0 spiro atoms. The minimum absolute atomic E-state index is 0.0672. The number of rotatable bonds is 8. The highest BCUT2D eigenvalue weighted by Gasteiger charge is 2.30. The Hall–Kier alpha value is -5.81. The average Bonchev–Trinajstić information content (AvgIpc) is 3.98. The largest absolute Gasteiger partial charge is 0.464 e. The zero-order chi connectivity index (χ0) is 41.3.